The molecule has 0 aromatic heterocycles. The van der Waals surface area contributed by atoms with E-state index in [2.05, 4.69) is 5.32 Å². The average molecular weight is 300 g/mol. The highest BCUT2D eigenvalue weighted by atomic mass is 16.2. The number of hydrogen-bond donors (Lipinski definition) is 2. The minimum absolute atomic E-state index is 0.0309. The second-order valence-electron chi connectivity index (χ2n) is 5.85. The predicted octanol–water partition coefficient (Wildman–Crippen LogP) is 2.64. The molecular weight excluding hydrogens is 276 g/mol. The molecule has 0 unspecified atom stereocenters. The summed E-state index contributed by atoms with van der Waals surface area (Å²) in [5.74, 6) is -0.479. The molecule has 0 bridgehead atoms. The fourth-order valence-corrected chi connectivity index (χ4v) is 2.80. The van der Waals surface area contributed by atoms with Gasteiger partial charge < -0.3 is 11.1 Å². The first-order valence-electron chi connectivity index (χ1n) is 7.98. The molecule has 0 radical (unpaired) electrons. The van der Waals surface area contributed by atoms with Gasteiger partial charge in [-0.3, -0.25) is 9.59 Å². The molecule has 0 heterocycles. The topological polar surface area (TPSA) is 72.2 Å². The van der Waals surface area contributed by atoms with Crippen LogP contribution in [0.3, 0.4) is 0 Å². The fourth-order valence-electron chi connectivity index (χ4n) is 2.80. The minimum Gasteiger partial charge on any atom is -0.368 e. The molecule has 1 aromatic carbocycles. The molecule has 1 aliphatic rings. The quantitative estimate of drug-likeness (QED) is 0.847. The zero-order chi connectivity index (χ0) is 15.8. The van der Waals surface area contributed by atoms with Gasteiger partial charge in [-0.1, -0.05) is 61.7 Å². The number of amides is 2. The van der Waals surface area contributed by atoms with E-state index < -0.39 is 11.9 Å². The van der Waals surface area contributed by atoms with Gasteiger partial charge in [-0.25, -0.2) is 0 Å². The van der Waals surface area contributed by atoms with Crippen molar-refractivity contribution in [2.75, 3.05) is 0 Å². The monoisotopic (exact) mass is 300 g/mol. The molecule has 2 rings (SSSR count). The second-order valence-corrected chi connectivity index (χ2v) is 5.85. The average Bonchev–Trinajstić information content (AvgIpc) is 2.55. The van der Waals surface area contributed by atoms with Gasteiger partial charge in [0.15, 0.2) is 0 Å². The molecule has 4 nitrogen and oxygen atoms in total. The summed E-state index contributed by atoms with van der Waals surface area (Å²) in [6.07, 6.45) is 9.44. The van der Waals surface area contributed by atoms with Crippen molar-refractivity contribution in [2.45, 2.75) is 44.6 Å². The van der Waals surface area contributed by atoms with E-state index in [9.17, 15) is 9.59 Å². The maximum Gasteiger partial charge on any atom is 0.240 e. The van der Waals surface area contributed by atoms with Crippen molar-refractivity contribution in [3.63, 3.8) is 0 Å². The number of primary amides is 1. The zero-order valence-electron chi connectivity index (χ0n) is 12.8. The first-order valence-corrected chi connectivity index (χ1v) is 7.98. The van der Waals surface area contributed by atoms with Crippen molar-refractivity contribution < 1.29 is 9.59 Å². The Hall–Kier alpha value is -2.10. The maximum absolute atomic E-state index is 12.2. The van der Waals surface area contributed by atoms with Gasteiger partial charge in [0.1, 0.15) is 6.04 Å². The lowest BCUT2D eigenvalue weighted by atomic mass is 9.88. The Morgan fingerprint density at radius 1 is 1.18 bits per heavy atom. The van der Waals surface area contributed by atoms with Crippen LogP contribution < -0.4 is 11.1 Å². The smallest absolute Gasteiger partial charge is 0.240 e. The summed E-state index contributed by atoms with van der Waals surface area (Å²) in [7, 11) is 0. The lowest BCUT2D eigenvalue weighted by Crippen LogP contribution is -2.46. The van der Waals surface area contributed by atoms with E-state index in [1.165, 1.54) is 6.42 Å². The van der Waals surface area contributed by atoms with Crippen LogP contribution in [0.1, 0.15) is 44.1 Å². The molecule has 1 fully saturated rings. The maximum atomic E-state index is 12.2. The fraction of sp³-hybridized carbons (Fsp3) is 0.444. The van der Waals surface area contributed by atoms with Crippen molar-refractivity contribution in [1.29, 1.82) is 0 Å². The van der Waals surface area contributed by atoms with Gasteiger partial charge in [-0.2, -0.15) is 0 Å². The molecular formula is C18H24N2O2. The molecule has 118 valence electrons. The number of nitrogens with two attached hydrogens (primary N) is 1. The summed E-state index contributed by atoms with van der Waals surface area (Å²) in [4.78, 5) is 23.7. The summed E-state index contributed by atoms with van der Waals surface area (Å²) in [5, 5.41) is 2.81. The predicted molar refractivity (Wildman–Crippen MR) is 87.8 cm³/mol. The van der Waals surface area contributed by atoms with Crippen LogP contribution in [-0.2, 0) is 9.59 Å². The highest BCUT2D eigenvalue weighted by molar-refractivity contribution is 5.87. The molecule has 1 aromatic rings. The molecule has 0 saturated heterocycles. The lowest BCUT2D eigenvalue weighted by Gasteiger charge is -2.23. The lowest BCUT2D eigenvalue weighted by molar-refractivity contribution is -0.130. The summed E-state index contributed by atoms with van der Waals surface area (Å²) in [6, 6.07) is 9.20. The summed E-state index contributed by atoms with van der Waals surface area (Å²) in [6.45, 7) is 0. The highest BCUT2D eigenvalue weighted by Crippen LogP contribution is 2.23. The van der Waals surface area contributed by atoms with Crippen molar-refractivity contribution in [3.05, 3.63) is 42.0 Å². The van der Waals surface area contributed by atoms with Gasteiger partial charge in [0.05, 0.1) is 0 Å². The van der Waals surface area contributed by atoms with E-state index >= 15 is 0 Å². The van der Waals surface area contributed by atoms with E-state index in [4.69, 9.17) is 5.73 Å². The van der Waals surface area contributed by atoms with Gasteiger partial charge in [0, 0.05) is 5.92 Å². The third-order valence-corrected chi connectivity index (χ3v) is 4.12. The van der Waals surface area contributed by atoms with Gasteiger partial charge in [0.25, 0.3) is 0 Å². The molecule has 1 aliphatic carbocycles. The first-order chi connectivity index (χ1) is 10.7. The van der Waals surface area contributed by atoms with E-state index in [-0.39, 0.29) is 11.8 Å². The van der Waals surface area contributed by atoms with Crippen LogP contribution in [0, 0.1) is 5.92 Å². The van der Waals surface area contributed by atoms with Crippen LogP contribution >= 0.6 is 0 Å². The number of carbonyl (C=O) groups is 2. The van der Waals surface area contributed by atoms with Crippen molar-refractivity contribution in [1.82, 2.24) is 5.32 Å². The van der Waals surface area contributed by atoms with E-state index in [1.54, 1.807) is 0 Å². The third-order valence-electron chi connectivity index (χ3n) is 4.12. The van der Waals surface area contributed by atoms with E-state index in [1.807, 2.05) is 42.5 Å². The molecule has 3 N–H and O–H groups in total. The number of nitrogens with one attached hydrogen (secondary N) is 1. The largest absolute Gasteiger partial charge is 0.368 e. The molecule has 1 saturated carbocycles. The Bertz CT molecular complexity index is 519. The molecule has 0 spiro atoms. The minimum atomic E-state index is -0.630. The SMILES string of the molecule is NC(=O)[C@H](C/C=C/c1ccccc1)NC(=O)C1CCCCC1. The Morgan fingerprint density at radius 3 is 2.50 bits per heavy atom. The van der Waals surface area contributed by atoms with E-state index in [0.29, 0.717) is 6.42 Å². The van der Waals surface area contributed by atoms with Crippen LogP contribution in [0.4, 0.5) is 0 Å². The summed E-state index contributed by atoms with van der Waals surface area (Å²) >= 11 is 0. The molecule has 2 amide bonds. The van der Waals surface area contributed by atoms with Crippen LogP contribution in [0.25, 0.3) is 6.08 Å². The second kappa shape index (κ2) is 8.37. The summed E-state index contributed by atoms with van der Waals surface area (Å²) < 4.78 is 0. The number of benzene rings is 1. The van der Waals surface area contributed by atoms with Crippen molar-refractivity contribution in [2.24, 2.45) is 11.7 Å². The van der Waals surface area contributed by atoms with Gasteiger partial charge >= 0.3 is 0 Å². The molecule has 4 heteroatoms. The van der Waals surface area contributed by atoms with Crippen molar-refractivity contribution >= 4 is 17.9 Å². The third kappa shape index (κ3) is 5.02. The highest BCUT2D eigenvalue weighted by Gasteiger charge is 2.24. The number of hydrogen-bond acceptors (Lipinski definition) is 2. The van der Waals surface area contributed by atoms with Gasteiger partial charge in [-0.05, 0) is 24.8 Å². The Balaban J connectivity index is 1.88. The first kappa shape index (κ1) is 16.3. The van der Waals surface area contributed by atoms with E-state index in [0.717, 1.165) is 31.2 Å². The van der Waals surface area contributed by atoms with Crippen LogP contribution in [-0.4, -0.2) is 17.9 Å². The molecule has 1 atom stereocenters. The van der Waals surface area contributed by atoms with Crippen molar-refractivity contribution in [3.8, 4) is 0 Å². The zero-order valence-corrected chi connectivity index (χ0v) is 12.8. The van der Waals surface area contributed by atoms with Crippen LogP contribution in [0.2, 0.25) is 0 Å². The van der Waals surface area contributed by atoms with Crippen LogP contribution in [0.5, 0.6) is 0 Å². The number of carbonyl (C=O) groups excluding carboxylic acids is 2. The summed E-state index contributed by atoms with van der Waals surface area (Å²) in [5.41, 5.74) is 6.47. The normalized spacial score (nSPS) is 17.3. The van der Waals surface area contributed by atoms with Crippen LogP contribution in [0.15, 0.2) is 36.4 Å². The molecule has 22 heavy (non-hydrogen) atoms. The Morgan fingerprint density at radius 2 is 1.86 bits per heavy atom. The Kier molecular flexibility index (Phi) is 6.19. The Labute approximate surface area is 131 Å². The van der Waals surface area contributed by atoms with Gasteiger partial charge in [-0.15, -0.1) is 0 Å². The standard InChI is InChI=1S/C18H24N2O2/c19-17(21)16(13-7-10-14-8-3-1-4-9-14)20-18(22)15-11-5-2-6-12-15/h1,3-4,7-10,15-16H,2,5-6,11-13H2,(H2,19,21)(H,20,22)/b10-7+/t16-/m0/s1. The van der Waals surface area contributed by atoms with Gasteiger partial charge in [0.2, 0.25) is 11.8 Å². The molecule has 0 aliphatic heterocycles. The number of rotatable bonds is 6.